The number of amides is 2. The fourth-order valence-corrected chi connectivity index (χ4v) is 3.03. The first-order valence-corrected chi connectivity index (χ1v) is 7.48. The smallest absolute Gasteiger partial charge is 0.326 e. The molecule has 2 heterocycles. The van der Waals surface area contributed by atoms with Gasteiger partial charge in [-0.3, -0.25) is 0 Å². The van der Waals surface area contributed by atoms with Crippen LogP contribution in [0.4, 0.5) is 4.79 Å². The van der Waals surface area contributed by atoms with Crippen LogP contribution in [0.1, 0.15) is 39.0 Å². The molecular formula is C14H24N2O4. The average Bonchev–Trinajstić information content (AvgIpc) is 2.82. The van der Waals surface area contributed by atoms with Gasteiger partial charge in [-0.05, 0) is 38.0 Å². The number of urea groups is 1. The van der Waals surface area contributed by atoms with Crippen LogP contribution in [0.3, 0.4) is 0 Å². The standard InChI is InChI=1S/C14H24N2O4/c1-10-6-8-16(12(10)13(17)18)14(19)15-7-5-11-4-2-3-9-20-11/h10-12H,2-9H2,1H3,(H,15,19)(H,17,18). The number of carbonyl (C=O) groups excluding carboxylic acids is 1. The zero-order chi connectivity index (χ0) is 14.5. The number of carbonyl (C=O) groups is 2. The van der Waals surface area contributed by atoms with Crippen molar-refractivity contribution in [3.8, 4) is 0 Å². The predicted molar refractivity (Wildman–Crippen MR) is 73.5 cm³/mol. The van der Waals surface area contributed by atoms with E-state index in [0.717, 1.165) is 32.3 Å². The third kappa shape index (κ3) is 3.62. The summed E-state index contributed by atoms with van der Waals surface area (Å²) >= 11 is 0. The maximum absolute atomic E-state index is 12.1. The van der Waals surface area contributed by atoms with Crippen molar-refractivity contribution in [3.05, 3.63) is 0 Å². The van der Waals surface area contributed by atoms with Crippen LogP contribution >= 0.6 is 0 Å². The van der Waals surface area contributed by atoms with E-state index >= 15 is 0 Å². The van der Waals surface area contributed by atoms with Gasteiger partial charge in [0.1, 0.15) is 6.04 Å². The molecule has 0 aliphatic carbocycles. The first-order chi connectivity index (χ1) is 9.59. The number of hydrogen-bond acceptors (Lipinski definition) is 3. The Bertz CT molecular complexity index is 355. The van der Waals surface area contributed by atoms with Crippen molar-refractivity contribution in [2.75, 3.05) is 19.7 Å². The van der Waals surface area contributed by atoms with Gasteiger partial charge in [-0.25, -0.2) is 9.59 Å². The molecule has 20 heavy (non-hydrogen) atoms. The lowest BCUT2D eigenvalue weighted by Gasteiger charge is -2.25. The van der Waals surface area contributed by atoms with E-state index in [-0.39, 0.29) is 18.1 Å². The van der Waals surface area contributed by atoms with E-state index in [1.807, 2.05) is 6.92 Å². The second-order valence-electron chi connectivity index (χ2n) is 5.75. The summed E-state index contributed by atoms with van der Waals surface area (Å²) in [5, 5.41) is 12.0. The molecule has 0 aromatic carbocycles. The maximum atomic E-state index is 12.1. The quantitative estimate of drug-likeness (QED) is 0.819. The molecule has 2 fully saturated rings. The number of carboxylic acid groups (broad SMARTS) is 1. The number of likely N-dealkylation sites (tertiary alicyclic amines) is 1. The number of aliphatic carboxylic acids is 1. The van der Waals surface area contributed by atoms with Crippen molar-refractivity contribution in [1.29, 1.82) is 0 Å². The summed E-state index contributed by atoms with van der Waals surface area (Å²) in [4.78, 5) is 24.7. The molecule has 2 N–H and O–H groups in total. The Morgan fingerprint density at radius 2 is 2.15 bits per heavy atom. The summed E-state index contributed by atoms with van der Waals surface area (Å²) in [5.41, 5.74) is 0. The molecule has 2 rings (SSSR count). The van der Waals surface area contributed by atoms with E-state index in [1.54, 1.807) is 0 Å². The van der Waals surface area contributed by atoms with E-state index in [0.29, 0.717) is 13.1 Å². The van der Waals surface area contributed by atoms with Crippen molar-refractivity contribution in [1.82, 2.24) is 10.2 Å². The molecule has 2 aliphatic heterocycles. The summed E-state index contributed by atoms with van der Waals surface area (Å²) in [5.74, 6) is -0.902. The number of carboxylic acids is 1. The van der Waals surface area contributed by atoms with Gasteiger partial charge in [-0.15, -0.1) is 0 Å². The van der Waals surface area contributed by atoms with Crippen LogP contribution in [0.15, 0.2) is 0 Å². The molecule has 3 atom stereocenters. The highest BCUT2D eigenvalue weighted by atomic mass is 16.5. The van der Waals surface area contributed by atoms with Gasteiger partial charge in [-0.2, -0.15) is 0 Å². The van der Waals surface area contributed by atoms with Crippen molar-refractivity contribution in [2.24, 2.45) is 5.92 Å². The van der Waals surface area contributed by atoms with Crippen molar-refractivity contribution in [3.63, 3.8) is 0 Å². The minimum atomic E-state index is -0.916. The Balaban J connectivity index is 1.75. The third-order valence-electron chi connectivity index (χ3n) is 4.23. The lowest BCUT2D eigenvalue weighted by atomic mass is 10.0. The van der Waals surface area contributed by atoms with Gasteiger partial charge >= 0.3 is 12.0 Å². The number of nitrogens with one attached hydrogen (secondary N) is 1. The lowest BCUT2D eigenvalue weighted by molar-refractivity contribution is -0.142. The fourth-order valence-electron chi connectivity index (χ4n) is 3.03. The highest BCUT2D eigenvalue weighted by molar-refractivity contribution is 5.83. The molecule has 0 aromatic rings. The molecule has 2 aliphatic rings. The first kappa shape index (κ1) is 15.1. The molecule has 6 heteroatoms. The summed E-state index contributed by atoms with van der Waals surface area (Å²) in [7, 11) is 0. The van der Waals surface area contributed by atoms with Crippen LogP contribution in [0.5, 0.6) is 0 Å². The minimum absolute atomic E-state index is 0.0138. The predicted octanol–water partition coefficient (Wildman–Crippen LogP) is 1.45. The van der Waals surface area contributed by atoms with Crippen LogP contribution in [0.25, 0.3) is 0 Å². The second kappa shape index (κ2) is 6.92. The highest BCUT2D eigenvalue weighted by Crippen LogP contribution is 2.24. The fraction of sp³-hybridized carbons (Fsp3) is 0.857. The van der Waals surface area contributed by atoms with Crippen LogP contribution < -0.4 is 5.32 Å². The molecule has 0 bridgehead atoms. The van der Waals surface area contributed by atoms with E-state index in [2.05, 4.69) is 5.32 Å². The summed E-state index contributed by atoms with van der Waals surface area (Å²) in [6, 6.07) is -0.960. The Morgan fingerprint density at radius 1 is 1.35 bits per heavy atom. The van der Waals surface area contributed by atoms with Gasteiger partial charge in [0.25, 0.3) is 0 Å². The topological polar surface area (TPSA) is 78.9 Å². The Hall–Kier alpha value is -1.30. The molecule has 6 nitrogen and oxygen atoms in total. The number of rotatable bonds is 4. The molecule has 0 aromatic heterocycles. The Labute approximate surface area is 119 Å². The van der Waals surface area contributed by atoms with Crippen LogP contribution in [0, 0.1) is 5.92 Å². The largest absolute Gasteiger partial charge is 0.480 e. The van der Waals surface area contributed by atoms with Crippen LogP contribution in [0.2, 0.25) is 0 Å². The van der Waals surface area contributed by atoms with E-state index in [4.69, 9.17) is 4.74 Å². The lowest BCUT2D eigenvalue weighted by Crippen LogP contribution is -2.48. The molecule has 0 saturated carbocycles. The zero-order valence-electron chi connectivity index (χ0n) is 12.0. The minimum Gasteiger partial charge on any atom is -0.480 e. The van der Waals surface area contributed by atoms with E-state index in [9.17, 15) is 14.7 Å². The van der Waals surface area contributed by atoms with E-state index < -0.39 is 12.0 Å². The second-order valence-corrected chi connectivity index (χ2v) is 5.75. The van der Waals surface area contributed by atoms with Gasteiger partial charge in [0.05, 0.1) is 6.10 Å². The van der Waals surface area contributed by atoms with Crippen LogP contribution in [-0.2, 0) is 9.53 Å². The van der Waals surface area contributed by atoms with E-state index in [1.165, 1.54) is 11.3 Å². The number of hydrogen-bond donors (Lipinski definition) is 2. The van der Waals surface area contributed by atoms with Gasteiger partial charge in [-0.1, -0.05) is 6.92 Å². The summed E-state index contributed by atoms with van der Waals surface area (Å²) < 4.78 is 5.60. The Morgan fingerprint density at radius 3 is 2.80 bits per heavy atom. The molecule has 2 saturated heterocycles. The van der Waals surface area contributed by atoms with Gasteiger partial charge in [0, 0.05) is 19.7 Å². The summed E-state index contributed by atoms with van der Waals surface area (Å²) in [6.45, 7) is 3.75. The molecular weight excluding hydrogens is 260 g/mol. The normalized spacial score (nSPS) is 30.2. The molecule has 0 spiro atoms. The summed E-state index contributed by atoms with van der Waals surface area (Å²) in [6.07, 6.45) is 5.13. The third-order valence-corrected chi connectivity index (χ3v) is 4.23. The maximum Gasteiger partial charge on any atom is 0.326 e. The van der Waals surface area contributed by atoms with Crippen molar-refractivity contribution < 1.29 is 19.4 Å². The molecule has 2 amide bonds. The van der Waals surface area contributed by atoms with Gasteiger partial charge < -0.3 is 20.1 Å². The monoisotopic (exact) mass is 284 g/mol. The zero-order valence-corrected chi connectivity index (χ0v) is 12.0. The van der Waals surface area contributed by atoms with Gasteiger partial charge in [0.2, 0.25) is 0 Å². The average molecular weight is 284 g/mol. The van der Waals surface area contributed by atoms with Gasteiger partial charge in [0.15, 0.2) is 0 Å². The molecule has 0 radical (unpaired) electrons. The first-order valence-electron chi connectivity index (χ1n) is 7.48. The SMILES string of the molecule is CC1CCN(C(=O)NCCC2CCCCO2)C1C(=O)O. The highest BCUT2D eigenvalue weighted by Gasteiger charge is 2.39. The van der Waals surface area contributed by atoms with Crippen LogP contribution in [-0.4, -0.2) is 53.8 Å². The van der Waals surface area contributed by atoms with Crippen molar-refractivity contribution in [2.45, 2.75) is 51.2 Å². The number of nitrogens with zero attached hydrogens (tertiary/aromatic N) is 1. The molecule has 3 unspecified atom stereocenters. The van der Waals surface area contributed by atoms with Crippen molar-refractivity contribution >= 4 is 12.0 Å². The molecule has 114 valence electrons. The number of ether oxygens (including phenoxy) is 1. The Kier molecular flexibility index (Phi) is 5.23.